The second-order valence-corrected chi connectivity index (χ2v) is 5.06. The van der Waals surface area contributed by atoms with Gasteiger partial charge in [-0.25, -0.2) is 0 Å². The number of likely N-dealkylation sites (N-methyl/N-ethyl adjacent to an activating group) is 1. The largest absolute Gasteiger partial charge is 0.508 e. The number of aromatic hydroxyl groups is 1. The predicted molar refractivity (Wildman–Crippen MR) is 66.3 cm³/mol. The fourth-order valence-electron chi connectivity index (χ4n) is 3.24. The number of nitrogens with zero attached hydrogens (tertiary/aromatic N) is 1. The monoisotopic (exact) mass is 234 g/mol. The van der Waals surface area contributed by atoms with Crippen molar-refractivity contribution in [1.29, 1.82) is 0 Å². The molecule has 0 aromatic heterocycles. The molecule has 92 valence electrons. The molecule has 3 N–H and O–H groups in total. The maximum absolute atomic E-state index is 10.6. The van der Waals surface area contributed by atoms with E-state index in [0.29, 0.717) is 0 Å². The van der Waals surface area contributed by atoms with Crippen LogP contribution in [0.5, 0.6) is 5.75 Å². The second-order valence-electron chi connectivity index (χ2n) is 5.06. The third-order valence-corrected chi connectivity index (χ3v) is 4.32. The number of aliphatic hydroxyl groups is 1. The van der Waals surface area contributed by atoms with E-state index < -0.39 is 6.10 Å². The molecule has 17 heavy (non-hydrogen) atoms. The number of aliphatic hydroxyl groups excluding tert-OH is 1. The predicted octanol–water partition coefficient (Wildman–Crippen LogP) is 0.998. The van der Waals surface area contributed by atoms with Gasteiger partial charge in [0, 0.05) is 24.4 Å². The molecule has 0 bridgehead atoms. The molecule has 0 aliphatic carbocycles. The van der Waals surface area contributed by atoms with Gasteiger partial charge >= 0.3 is 0 Å². The van der Waals surface area contributed by atoms with Gasteiger partial charge in [0.2, 0.25) is 0 Å². The van der Waals surface area contributed by atoms with E-state index in [-0.39, 0.29) is 11.3 Å². The first kappa shape index (κ1) is 10.9. The van der Waals surface area contributed by atoms with E-state index in [4.69, 9.17) is 0 Å². The van der Waals surface area contributed by atoms with E-state index in [2.05, 4.69) is 10.2 Å². The van der Waals surface area contributed by atoms with Crippen molar-refractivity contribution < 1.29 is 10.2 Å². The number of anilines is 1. The standard InChI is InChI=1S/C13H18N2O2/c1-15-11-8-9(16)2-3-10(11)12(17)13(15)4-6-14-7-5-13/h2-3,8,12,14,16-17H,4-7H2,1H3. The number of piperidine rings is 1. The zero-order chi connectivity index (χ0) is 12.0. The Bertz CT molecular complexity index is 441. The minimum atomic E-state index is -0.454. The van der Waals surface area contributed by atoms with E-state index in [0.717, 1.165) is 37.2 Å². The molecule has 1 unspecified atom stereocenters. The Morgan fingerprint density at radius 3 is 2.76 bits per heavy atom. The van der Waals surface area contributed by atoms with Crippen LogP contribution < -0.4 is 10.2 Å². The molecule has 1 fully saturated rings. The van der Waals surface area contributed by atoms with E-state index in [1.807, 2.05) is 13.1 Å². The number of rotatable bonds is 0. The molecule has 2 aliphatic heterocycles. The van der Waals surface area contributed by atoms with Gasteiger partial charge in [-0.2, -0.15) is 0 Å². The van der Waals surface area contributed by atoms with Gasteiger partial charge < -0.3 is 20.4 Å². The fraction of sp³-hybridized carbons (Fsp3) is 0.538. The van der Waals surface area contributed by atoms with E-state index >= 15 is 0 Å². The van der Waals surface area contributed by atoms with Gasteiger partial charge in [-0.05, 0) is 32.0 Å². The van der Waals surface area contributed by atoms with Crippen molar-refractivity contribution in [2.75, 3.05) is 25.0 Å². The SMILES string of the molecule is CN1c2cc(O)ccc2C(O)C12CCNCC2. The zero-order valence-corrected chi connectivity index (χ0v) is 9.98. The van der Waals surface area contributed by atoms with Crippen LogP contribution in [-0.2, 0) is 0 Å². The summed E-state index contributed by atoms with van der Waals surface area (Å²) in [6.45, 7) is 1.86. The third-order valence-electron chi connectivity index (χ3n) is 4.32. The smallest absolute Gasteiger partial charge is 0.117 e. The van der Waals surface area contributed by atoms with E-state index in [9.17, 15) is 10.2 Å². The maximum atomic E-state index is 10.6. The molecule has 3 rings (SSSR count). The summed E-state index contributed by atoms with van der Waals surface area (Å²) in [4.78, 5) is 2.15. The van der Waals surface area contributed by atoms with Crippen molar-refractivity contribution in [3.8, 4) is 5.75 Å². The molecule has 2 aliphatic rings. The molecule has 2 heterocycles. The summed E-state index contributed by atoms with van der Waals surface area (Å²) in [7, 11) is 2.01. The lowest BCUT2D eigenvalue weighted by Gasteiger charge is -2.43. The van der Waals surface area contributed by atoms with Crippen molar-refractivity contribution in [3.63, 3.8) is 0 Å². The number of hydrogen-bond donors (Lipinski definition) is 3. The highest BCUT2D eigenvalue weighted by Gasteiger charge is 2.49. The van der Waals surface area contributed by atoms with Gasteiger partial charge in [-0.1, -0.05) is 6.07 Å². The third kappa shape index (κ3) is 1.37. The summed E-state index contributed by atoms with van der Waals surface area (Å²) in [6.07, 6.45) is 1.41. The second kappa shape index (κ2) is 3.62. The maximum Gasteiger partial charge on any atom is 0.117 e. The van der Waals surface area contributed by atoms with Gasteiger partial charge in [0.1, 0.15) is 11.9 Å². The van der Waals surface area contributed by atoms with Crippen molar-refractivity contribution in [1.82, 2.24) is 5.32 Å². The minimum absolute atomic E-state index is 0.193. The Hall–Kier alpha value is -1.26. The summed E-state index contributed by atoms with van der Waals surface area (Å²) in [5, 5.41) is 23.5. The number of phenols is 1. The molecule has 4 heteroatoms. The van der Waals surface area contributed by atoms with Crippen LogP contribution in [0.15, 0.2) is 18.2 Å². The number of phenolic OH excluding ortho intramolecular Hbond substituents is 1. The Labute approximate surface area is 101 Å². The van der Waals surface area contributed by atoms with Gasteiger partial charge in [0.15, 0.2) is 0 Å². The van der Waals surface area contributed by atoms with Crippen LogP contribution in [0.4, 0.5) is 5.69 Å². The molecule has 0 saturated carbocycles. The number of nitrogens with one attached hydrogen (secondary N) is 1. The van der Waals surface area contributed by atoms with Crippen LogP contribution in [0.1, 0.15) is 24.5 Å². The van der Waals surface area contributed by atoms with Crippen LogP contribution in [0, 0.1) is 0 Å². The molecule has 1 aromatic rings. The fourth-order valence-corrected chi connectivity index (χ4v) is 3.24. The van der Waals surface area contributed by atoms with Gasteiger partial charge in [0.25, 0.3) is 0 Å². The summed E-state index contributed by atoms with van der Waals surface area (Å²) < 4.78 is 0. The Morgan fingerprint density at radius 1 is 1.35 bits per heavy atom. The minimum Gasteiger partial charge on any atom is -0.508 e. The summed E-state index contributed by atoms with van der Waals surface area (Å²) in [5.74, 6) is 0.258. The average Bonchev–Trinajstić information content (AvgIpc) is 2.54. The lowest BCUT2D eigenvalue weighted by atomic mass is 9.82. The van der Waals surface area contributed by atoms with Crippen molar-refractivity contribution in [2.45, 2.75) is 24.5 Å². The molecule has 0 radical (unpaired) electrons. The normalized spacial score (nSPS) is 26.2. The van der Waals surface area contributed by atoms with Crippen LogP contribution in [0.25, 0.3) is 0 Å². The Morgan fingerprint density at radius 2 is 2.06 bits per heavy atom. The number of hydrogen-bond acceptors (Lipinski definition) is 4. The highest BCUT2D eigenvalue weighted by molar-refractivity contribution is 5.65. The highest BCUT2D eigenvalue weighted by atomic mass is 16.3. The zero-order valence-electron chi connectivity index (χ0n) is 9.98. The highest BCUT2D eigenvalue weighted by Crippen LogP contribution is 2.50. The average molecular weight is 234 g/mol. The molecule has 0 amide bonds. The van der Waals surface area contributed by atoms with Crippen LogP contribution in [0.2, 0.25) is 0 Å². The Kier molecular flexibility index (Phi) is 2.31. The van der Waals surface area contributed by atoms with Crippen molar-refractivity contribution in [3.05, 3.63) is 23.8 Å². The number of fused-ring (bicyclic) bond motifs is 1. The van der Waals surface area contributed by atoms with Gasteiger partial charge in [-0.15, -0.1) is 0 Å². The van der Waals surface area contributed by atoms with Crippen LogP contribution >= 0.6 is 0 Å². The van der Waals surface area contributed by atoms with E-state index in [1.165, 1.54) is 0 Å². The molecular formula is C13H18N2O2. The quantitative estimate of drug-likeness (QED) is 0.627. The Balaban J connectivity index is 2.07. The molecule has 4 nitrogen and oxygen atoms in total. The summed E-state index contributed by atoms with van der Waals surface area (Å²) >= 11 is 0. The van der Waals surface area contributed by atoms with Gasteiger partial charge in [-0.3, -0.25) is 0 Å². The summed E-state index contributed by atoms with van der Waals surface area (Å²) in [5.41, 5.74) is 1.70. The molecule has 1 atom stereocenters. The lowest BCUT2D eigenvalue weighted by Crippen LogP contribution is -2.53. The first-order valence-electron chi connectivity index (χ1n) is 6.11. The van der Waals surface area contributed by atoms with Crippen LogP contribution in [0.3, 0.4) is 0 Å². The van der Waals surface area contributed by atoms with Crippen molar-refractivity contribution in [2.24, 2.45) is 0 Å². The molecular weight excluding hydrogens is 216 g/mol. The van der Waals surface area contributed by atoms with Crippen molar-refractivity contribution >= 4 is 5.69 Å². The van der Waals surface area contributed by atoms with Gasteiger partial charge in [0.05, 0.1) is 5.54 Å². The van der Waals surface area contributed by atoms with E-state index in [1.54, 1.807) is 12.1 Å². The first-order chi connectivity index (χ1) is 8.15. The number of benzene rings is 1. The molecule has 1 spiro atoms. The molecule has 1 saturated heterocycles. The molecule has 1 aromatic carbocycles. The van der Waals surface area contributed by atoms with Crippen LogP contribution in [-0.4, -0.2) is 35.9 Å². The topological polar surface area (TPSA) is 55.7 Å². The summed E-state index contributed by atoms with van der Waals surface area (Å²) in [6, 6.07) is 5.23. The first-order valence-corrected chi connectivity index (χ1v) is 6.11. The lowest BCUT2D eigenvalue weighted by molar-refractivity contribution is 0.0734.